The minimum atomic E-state index is -0.221. The van der Waals surface area contributed by atoms with Crippen LogP contribution in [0.4, 0.5) is 5.82 Å². The molecule has 6 nitrogen and oxygen atoms in total. The zero-order valence-corrected chi connectivity index (χ0v) is 17.3. The summed E-state index contributed by atoms with van der Waals surface area (Å²) in [4.78, 5) is 23.5. The van der Waals surface area contributed by atoms with Crippen LogP contribution in [0, 0.1) is 6.92 Å². The molecule has 6 heteroatoms. The van der Waals surface area contributed by atoms with E-state index in [1.54, 1.807) is 25.4 Å². The quantitative estimate of drug-likeness (QED) is 0.706. The lowest BCUT2D eigenvalue weighted by molar-refractivity contribution is -0.0247. The summed E-state index contributed by atoms with van der Waals surface area (Å²) in [6, 6.07) is 16.2. The third-order valence-corrected chi connectivity index (χ3v) is 5.32. The smallest absolute Gasteiger partial charge is 0.254 e. The van der Waals surface area contributed by atoms with Crippen molar-refractivity contribution in [2.45, 2.75) is 19.4 Å². The molecule has 30 heavy (non-hydrogen) atoms. The van der Waals surface area contributed by atoms with E-state index in [9.17, 15) is 4.79 Å². The van der Waals surface area contributed by atoms with Gasteiger partial charge in [0.05, 0.1) is 18.8 Å². The normalized spacial score (nSPS) is 16.3. The van der Waals surface area contributed by atoms with Crippen LogP contribution in [0.1, 0.15) is 38.8 Å². The molecule has 0 aliphatic carbocycles. The van der Waals surface area contributed by atoms with Gasteiger partial charge in [-0.25, -0.2) is 4.98 Å². The Bertz CT molecular complexity index is 1000. The van der Waals surface area contributed by atoms with E-state index < -0.39 is 0 Å². The van der Waals surface area contributed by atoms with Crippen LogP contribution in [-0.4, -0.2) is 47.5 Å². The summed E-state index contributed by atoms with van der Waals surface area (Å²) >= 11 is 0. The molecule has 0 saturated carbocycles. The molecule has 0 spiro atoms. The predicted octanol–water partition coefficient (Wildman–Crippen LogP) is 3.63. The molecule has 1 atom stereocenters. The molecule has 2 aromatic heterocycles. The molecule has 0 radical (unpaired) electrons. The third-order valence-electron chi connectivity index (χ3n) is 5.32. The fourth-order valence-electron chi connectivity index (χ4n) is 3.57. The summed E-state index contributed by atoms with van der Waals surface area (Å²) < 4.78 is 5.92. The van der Waals surface area contributed by atoms with Gasteiger partial charge in [0.1, 0.15) is 11.9 Å². The summed E-state index contributed by atoms with van der Waals surface area (Å²) in [5.41, 5.74) is 5.15. The van der Waals surface area contributed by atoms with Gasteiger partial charge < -0.3 is 15.0 Å². The summed E-state index contributed by atoms with van der Waals surface area (Å²) in [6.45, 7) is 3.64. The van der Waals surface area contributed by atoms with E-state index >= 15 is 0 Å². The van der Waals surface area contributed by atoms with Crippen LogP contribution in [0.25, 0.3) is 0 Å². The molecule has 1 aromatic carbocycles. The van der Waals surface area contributed by atoms with Crippen LogP contribution in [-0.2, 0) is 11.2 Å². The van der Waals surface area contributed by atoms with Gasteiger partial charge in [-0.3, -0.25) is 9.78 Å². The third kappa shape index (κ3) is 4.66. The Labute approximate surface area is 176 Å². The van der Waals surface area contributed by atoms with Crippen molar-refractivity contribution in [1.82, 2.24) is 14.9 Å². The second-order valence-corrected chi connectivity index (χ2v) is 7.54. The molecule has 1 fully saturated rings. The van der Waals surface area contributed by atoms with Crippen molar-refractivity contribution < 1.29 is 9.53 Å². The number of ether oxygens (including phenoxy) is 1. The largest absolute Gasteiger partial charge is 0.373 e. The number of carbonyl (C=O) groups is 1. The van der Waals surface area contributed by atoms with Crippen LogP contribution >= 0.6 is 0 Å². The van der Waals surface area contributed by atoms with Gasteiger partial charge in [-0.2, -0.15) is 0 Å². The van der Waals surface area contributed by atoms with Crippen LogP contribution in [0.2, 0.25) is 0 Å². The van der Waals surface area contributed by atoms with Gasteiger partial charge in [-0.05, 0) is 42.7 Å². The lowest BCUT2D eigenvalue weighted by atomic mass is 10.0. The van der Waals surface area contributed by atoms with Gasteiger partial charge in [-0.15, -0.1) is 0 Å². The van der Waals surface area contributed by atoms with Gasteiger partial charge in [0.25, 0.3) is 5.91 Å². The second-order valence-electron chi connectivity index (χ2n) is 7.54. The van der Waals surface area contributed by atoms with Gasteiger partial charge in [0, 0.05) is 31.5 Å². The highest BCUT2D eigenvalue weighted by molar-refractivity contribution is 5.94. The highest BCUT2D eigenvalue weighted by Gasteiger charge is 2.27. The van der Waals surface area contributed by atoms with E-state index in [2.05, 4.69) is 52.5 Å². The molecule has 1 amide bonds. The maximum atomic E-state index is 12.9. The summed E-state index contributed by atoms with van der Waals surface area (Å²) in [7, 11) is 1.79. The van der Waals surface area contributed by atoms with Crippen molar-refractivity contribution in [1.29, 1.82) is 0 Å². The molecule has 1 aliphatic rings. The minimum absolute atomic E-state index is 0.0156. The zero-order valence-electron chi connectivity index (χ0n) is 17.3. The van der Waals surface area contributed by atoms with Crippen LogP contribution in [0.5, 0.6) is 0 Å². The van der Waals surface area contributed by atoms with E-state index in [1.165, 1.54) is 11.1 Å². The molecular weight excluding hydrogens is 376 g/mol. The number of nitrogens with one attached hydrogen (secondary N) is 1. The molecule has 1 saturated heterocycles. The second kappa shape index (κ2) is 9.05. The number of hydrogen-bond acceptors (Lipinski definition) is 5. The van der Waals surface area contributed by atoms with Crippen molar-refractivity contribution in [3.05, 3.63) is 88.9 Å². The first-order valence-electron chi connectivity index (χ1n) is 10.2. The summed E-state index contributed by atoms with van der Waals surface area (Å²) in [6.07, 6.45) is 4.17. The number of carbonyl (C=O) groups excluding carboxylic acids is 1. The number of aromatic nitrogens is 2. The predicted molar refractivity (Wildman–Crippen MR) is 117 cm³/mol. The Morgan fingerprint density at radius 3 is 2.67 bits per heavy atom. The van der Waals surface area contributed by atoms with Crippen LogP contribution < -0.4 is 5.32 Å². The lowest BCUT2D eigenvalue weighted by Crippen LogP contribution is -2.42. The number of amides is 1. The Balaban J connectivity index is 1.42. The summed E-state index contributed by atoms with van der Waals surface area (Å²) in [5.74, 6) is 0.662. The van der Waals surface area contributed by atoms with Crippen molar-refractivity contribution in [2.75, 3.05) is 32.1 Å². The maximum absolute atomic E-state index is 12.9. The SMILES string of the molecule is CNc1cc(C(=O)N2CCO[C@H](c3ccc(Cc4ccc(C)cc4)cn3)C2)ccn1. The van der Waals surface area contributed by atoms with E-state index in [0.29, 0.717) is 31.1 Å². The monoisotopic (exact) mass is 402 g/mol. The fraction of sp³-hybridized carbons (Fsp3) is 0.292. The van der Waals surface area contributed by atoms with Gasteiger partial charge in [0.15, 0.2) is 0 Å². The highest BCUT2D eigenvalue weighted by Crippen LogP contribution is 2.23. The molecule has 154 valence electrons. The number of nitrogens with zero attached hydrogens (tertiary/aromatic N) is 3. The fourth-order valence-corrected chi connectivity index (χ4v) is 3.57. The number of rotatable bonds is 5. The van der Waals surface area contributed by atoms with Crippen molar-refractivity contribution >= 4 is 11.7 Å². The van der Waals surface area contributed by atoms with Gasteiger partial charge in [0.2, 0.25) is 0 Å². The number of pyridine rings is 2. The first-order valence-corrected chi connectivity index (χ1v) is 10.2. The summed E-state index contributed by atoms with van der Waals surface area (Å²) in [5, 5.41) is 2.97. The highest BCUT2D eigenvalue weighted by atomic mass is 16.5. The van der Waals surface area contributed by atoms with E-state index in [0.717, 1.165) is 17.7 Å². The minimum Gasteiger partial charge on any atom is -0.373 e. The van der Waals surface area contributed by atoms with Crippen molar-refractivity contribution in [2.24, 2.45) is 0 Å². The molecule has 4 rings (SSSR count). The maximum Gasteiger partial charge on any atom is 0.254 e. The topological polar surface area (TPSA) is 67.4 Å². The lowest BCUT2D eigenvalue weighted by Gasteiger charge is -2.32. The Morgan fingerprint density at radius 2 is 1.93 bits per heavy atom. The van der Waals surface area contributed by atoms with Crippen molar-refractivity contribution in [3.63, 3.8) is 0 Å². The average Bonchev–Trinajstić information content (AvgIpc) is 2.81. The Hall–Kier alpha value is -3.25. The molecule has 1 N–H and O–H groups in total. The first kappa shape index (κ1) is 20.0. The van der Waals surface area contributed by atoms with Gasteiger partial charge >= 0.3 is 0 Å². The van der Waals surface area contributed by atoms with E-state index in [-0.39, 0.29) is 12.0 Å². The molecular formula is C24H26N4O2. The van der Waals surface area contributed by atoms with Crippen LogP contribution in [0.15, 0.2) is 60.9 Å². The average molecular weight is 402 g/mol. The number of anilines is 1. The van der Waals surface area contributed by atoms with Gasteiger partial charge in [-0.1, -0.05) is 35.9 Å². The first-order chi connectivity index (χ1) is 14.6. The van der Waals surface area contributed by atoms with E-state index in [1.807, 2.05) is 17.2 Å². The van der Waals surface area contributed by atoms with Crippen LogP contribution in [0.3, 0.4) is 0 Å². The molecule has 1 aliphatic heterocycles. The number of hydrogen-bond donors (Lipinski definition) is 1. The van der Waals surface area contributed by atoms with E-state index in [4.69, 9.17) is 4.74 Å². The molecule has 0 bridgehead atoms. The molecule has 0 unspecified atom stereocenters. The Morgan fingerprint density at radius 1 is 1.13 bits per heavy atom. The zero-order chi connectivity index (χ0) is 20.9. The number of aryl methyl sites for hydroxylation is 1. The number of morpholine rings is 1. The standard InChI is InChI=1S/C24H26N4O2/c1-17-3-5-18(6-4-17)13-19-7-8-21(27-15-19)22-16-28(11-12-30-22)24(29)20-9-10-26-23(14-20)25-2/h3-10,14-15,22H,11-13,16H2,1-2H3,(H,25,26)/t22-/m0/s1. The number of benzene rings is 1. The molecule has 3 heterocycles. The Kier molecular flexibility index (Phi) is 6.05. The van der Waals surface area contributed by atoms with Crippen molar-refractivity contribution in [3.8, 4) is 0 Å². The molecule has 3 aromatic rings.